The van der Waals surface area contributed by atoms with Crippen molar-refractivity contribution in [3.63, 3.8) is 0 Å². The summed E-state index contributed by atoms with van der Waals surface area (Å²) in [6.07, 6.45) is -6.68. The summed E-state index contributed by atoms with van der Waals surface area (Å²) in [5.74, 6) is 0.343. The van der Waals surface area contributed by atoms with Crippen molar-refractivity contribution in [2.75, 3.05) is 6.61 Å². The average Bonchev–Trinajstić information content (AvgIpc) is 2.97. The molecular weight excluding hydrogens is 324 g/mol. The van der Waals surface area contributed by atoms with E-state index in [4.69, 9.17) is 19.8 Å². The van der Waals surface area contributed by atoms with Crippen molar-refractivity contribution in [2.24, 2.45) is 0 Å². The second-order valence-corrected chi connectivity index (χ2v) is 6.11. The highest BCUT2D eigenvalue weighted by atomic mass is 32.1. The van der Waals surface area contributed by atoms with Gasteiger partial charge in [0.15, 0.2) is 5.01 Å². The lowest BCUT2D eigenvalue weighted by atomic mass is 9.99. The number of aliphatic hydroxyl groups is 4. The molecule has 5 atom stereocenters. The van der Waals surface area contributed by atoms with Crippen LogP contribution in [0.4, 0.5) is 0 Å². The number of nitrogens with zero attached hydrogens (tertiary/aromatic N) is 2. The molecule has 0 saturated carbocycles. The number of ether oxygens (including phenoxy) is 2. The van der Waals surface area contributed by atoms with Crippen molar-refractivity contribution >= 4 is 21.6 Å². The Morgan fingerprint density at radius 3 is 2.74 bits per heavy atom. The maximum Gasteiger partial charge on any atom is 0.229 e. The third-order valence-corrected chi connectivity index (χ3v) is 4.48. The predicted octanol–water partition coefficient (Wildman–Crippen LogP) is -0.653. The monoisotopic (exact) mass is 338 g/mol. The molecule has 2 heterocycles. The zero-order valence-corrected chi connectivity index (χ0v) is 12.6. The van der Waals surface area contributed by atoms with Gasteiger partial charge in [-0.05, 0) is 18.2 Å². The van der Waals surface area contributed by atoms with Gasteiger partial charge in [0.1, 0.15) is 36.2 Å². The Hall–Kier alpha value is -1.80. The van der Waals surface area contributed by atoms with E-state index in [2.05, 4.69) is 4.98 Å². The van der Waals surface area contributed by atoms with Crippen LogP contribution in [0.5, 0.6) is 5.75 Å². The SMILES string of the molecule is N#Cc1nc2ccc(O[C@@H]3OC(CO)[C@@H](O)[C@H](O)C3O)cc2s1. The van der Waals surface area contributed by atoms with Crippen LogP contribution in [0.25, 0.3) is 10.2 Å². The van der Waals surface area contributed by atoms with E-state index in [1.807, 2.05) is 6.07 Å². The molecule has 0 aliphatic carbocycles. The van der Waals surface area contributed by atoms with Gasteiger partial charge in [-0.2, -0.15) is 5.26 Å². The molecule has 1 saturated heterocycles. The average molecular weight is 338 g/mol. The number of aliphatic hydroxyl groups excluding tert-OH is 4. The van der Waals surface area contributed by atoms with Gasteiger partial charge >= 0.3 is 0 Å². The minimum atomic E-state index is -1.50. The zero-order chi connectivity index (χ0) is 16.6. The summed E-state index contributed by atoms with van der Waals surface area (Å²) in [6.45, 7) is -0.524. The predicted molar refractivity (Wildman–Crippen MR) is 78.7 cm³/mol. The number of thiazole rings is 1. The van der Waals surface area contributed by atoms with E-state index in [1.165, 1.54) is 11.3 Å². The molecular formula is C14H14N2O6S. The van der Waals surface area contributed by atoms with Gasteiger partial charge < -0.3 is 29.9 Å². The maximum atomic E-state index is 9.94. The summed E-state index contributed by atoms with van der Waals surface area (Å²) in [4.78, 5) is 4.10. The van der Waals surface area contributed by atoms with Crippen LogP contribution in [0.2, 0.25) is 0 Å². The molecule has 3 rings (SSSR count). The largest absolute Gasteiger partial charge is 0.462 e. The fourth-order valence-electron chi connectivity index (χ4n) is 2.32. The lowest BCUT2D eigenvalue weighted by Gasteiger charge is -2.39. The molecule has 4 N–H and O–H groups in total. The Balaban J connectivity index is 1.81. The molecule has 122 valence electrons. The fraction of sp³-hybridized carbons (Fsp3) is 0.429. The smallest absolute Gasteiger partial charge is 0.229 e. The second kappa shape index (κ2) is 6.37. The van der Waals surface area contributed by atoms with Crippen LogP contribution in [0.1, 0.15) is 5.01 Å². The van der Waals surface area contributed by atoms with Gasteiger partial charge in [-0.15, -0.1) is 11.3 Å². The van der Waals surface area contributed by atoms with E-state index in [0.717, 1.165) is 4.70 Å². The molecule has 8 nitrogen and oxygen atoms in total. The number of rotatable bonds is 3. The first-order valence-electron chi connectivity index (χ1n) is 6.81. The third-order valence-electron chi connectivity index (χ3n) is 3.56. The number of hydrogen-bond acceptors (Lipinski definition) is 9. The fourth-order valence-corrected chi connectivity index (χ4v) is 3.12. The van der Waals surface area contributed by atoms with Crippen molar-refractivity contribution in [2.45, 2.75) is 30.7 Å². The number of benzene rings is 1. The Bertz CT molecular complexity index is 742. The Morgan fingerprint density at radius 1 is 1.26 bits per heavy atom. The first-order valence-corrected chi connectivity index (χ1v) is 7.63. The van der Waals surface area contributed by atoms with E-state index < -0.39 is 37.3 Å². The highest BCUT2D eigenvalue weighted by molar-refractivity contribution is 7.19. The Kier molecular flexibility index (Phi) is 4.45. The topological polar surface area (TPSA) is 136 Å². The van der Waals surface area contributed by atoms with Crippen LogP contribution in [0.3, 0.4) is 0 Å². The van der Waals surface area contributed by atoms with E-state index in [9.17, 15) is 15.3 Å². The molecule has 1 aromatic carbocycles. The summed E-state index contributed by atoms with van der Waals surface area (Å²) in [5.41, 5.74) is 0.646. The van der Waals surface area contributed by atoms with Crippen LogP contribution in [-0.4, -0.2) is 62.7 Å². The molecule has 0 bridgehead atoms. The molecule has 2 unspecified atom stereocenters. The van der Waals surface area contributed by atoms with Crippen molar-refractivity contribution in [1.29, 1.82) is 5.26 Å². The van der Waals surface area contributed by atoms with Crippen LogP contribution in [0, 0.1) is 11.3 Å². The van der Waals surface area contributed by atoms with Crippen molar-refractivity contribution in [3.8, 4) is 11.8 Å². The molecule has 1 aliphatic rings. The number of aromatic nitrogens is 1. The third kappa shape index (κ3) is 3.00. The number of nitriles is 1. The van der Waals surface area contributed by atoms with Crippen molar-refractivity contribution < 1.29 is 29.9 Å². The molecule has 1 aliphatic heterocycles. The number of fused-ring (bicyclic) bond motifs is 1. The van der Waals surface area contributed by atoms with Crippen molar-refractivity contribution in [3.05, 3.63) is 23.2 Å². The summed E-state index contributed by atoms with van der Waals surface area (Å²) in [6, 6.07) is 6.84. The lowest BCUT2D eigenvalue weighted by Crippen LogP contribution is -2.60. The van der Waals surface area contributed by atoms with E-state index in [1.54, 1.807) is 18.2 Å². The summed E-state index contributed by atoms with van der Waals surface area (Å²) >= 11 is 1.20. The van der Waals surface area contributed by atoms with Gasteiger partial charge in [0.2, 0.25) is 6.29 Å². The van der Waals surface area contributed by atoms with E-state index in [-0.39, 0.29) is 0 Å². The minimum Gasteiger partial charge on any atom is -0.462 e. The first-order chi connectivity index (χ1) is 11.0. The Morgan fingerprint density at radius 2 is 2.04 bits per heavy atom. The van der Waals surface area contributed by atoms with Gasteiger partial charge in [0.25, 0.3) is 0 Å². The van der Waals surface area contributed by atoms with Crippen LogP contribution < -0.4 is 4.74 Å². The molecule has 2 aromatic rings. The first kappa shape index (κ1) is 16.1. The summed E-state index contributed by atoms with van der Waals surface area (Å²) < 4.78 is 11.5. The van der Waals surface area contributed by atoms with E-state index in [0.29, 0.717) is 16.3 Å². The normalized spacial score (nSPS) is 31.0. The van der Waals surface area contributed by atoms with Gasteiger partial charge in [-0.25, -0.2) is 4.98 Å². The van der Waals surface area contributed by atoms with Crippen LogP contribution in [0.15, 0.2) is 18.2 Å². The second-order valence-electron chi connectivity index (χ2n) is 5.08. The van der Waals surface area contributed by atoms with Crippen LogP contribution in [-0.2, 0) is 4.74 Å². The molecule has 23 heavy (non-hydrogen) atoms. The highest BCUT2D eigenvalue weighted by Gasteiger charge is 2.44. The van der Waals surface area contributed by atoms with Crippen LogP contribution >= 0.6 is 11.3 Å². The molecule has 0 amide bonds. The lowest BCUT2D eigenvalue weighted by molar-refractivity contribution is -0.277. The molecule has 1 aromatic heterocycles. The molecule has 9 heteroatoms. The van der Waals surface area contributed by atoms with E-state index >= 15 is 0 Å². The quantitative estimate of drug-likeness (QED) is 0.579. The zero-order valence-electron chi connectivity index (χ0n) is 11.7. The highest BCUT2D eigenvalue weighted by Crippen LogP contribution is 2.29. The molecule has 0 radical (unpaired) electrons. The van der Waals surface area contributed by atoms with Crippen molar-refractivity contribution in [1.82, 2.24) is 4.98 Å². The minimum absolute atomic E-state index is 0.324. The molecule has 1 fully saturated rings. The summed E-state index contributed by atoms with van der Waals surface area (Å²) in [5, 5.41) is 47.7. The molecule has 0 spiro atoms. The van der Waals surface area contributed by atoms with Gasteiger partial charge in [0.05, 0.1) is 16.8 Å². The maximum absolute atomic E-state index is 9.94. The summed E-state index contributed by atoms with van der Waals surface area (Å²) in [7, 11) is 0. The Labute approximate surface area is 134 Å². The standard InChI is InChI=1S/C14H14N2O6S/c15-4-10-16-7-2-1-6(3-9(7)23-10)21-14-13(20)12(19)11(18)8(5-17)22-14/h1-3,8,11-14,17-20H,5H2/t8?,11-,12+,13?,14-/m1/s1. The van der Waals surface area contributed by atoms with Gasteiger partial charge in [-0.3, -0.25) is 0 Å². The number of hydrogen-bond donors (Lipinski definition) is 4. The van der Waals surface area contributed by atoms with Gasteiger partial charge in [-0.1, -0.05) is 0 Å². The van der Waals surface area contributed by atoms with Gasteiger partial charge in [0, 0.05) is 0 Å².